The zero-order chi connectivity index (χ0) is 16.1. The molecule has 24 heavy (non-hydrogen) atoms. The summed E-state index contributed by atoms with van der Waals surface area (Å²) >= 11 is 0. The first kappa shape index (κ1) is 18.5. The van der Waals surface area contributed by atoms with Crippen LogP contribution in [0, 0.1) is 0 Å². The lowest BCUT2D eigenvalue weighted by Crippen LogP contribution is -2.36. The summed E-state index contributed by atoms with van der Waals surface area (Å²) in [7, 11) is 0. The van der Waals surface area contributed by atoms with E-state index in [2.05, 4.69) is 0 Å². The number of carbonyl (C=O) groups excluding carboxylic acids is 1. The number of carbonyl (C=O) groups is 1. The smallest absolute Gasteiger partial charge is 0.254 e. The van der Waals surface area contributed by atoms with Crippen molar-refractivity contribution in [2.45, 2.75) is 32.0 Å². The molecule has 0 bridgehead atoms. The highest BCUT2D eigenvalue weighted by Crippen LogP contribution is 2.18. The third-order valence-corrected chi connectivity index (χ3v) is 4.10. The summed E-state index contributed by atoms with van der Waals surface area (Å²) in [6.45, 7) is 2.28. The van der Waals surface area contributed by atoms with E-state index in [0.29, 0.717) is 25.2 Å². The summed E-state index contributed by atoms with van der Waals surface area (Å²) in [5, 5.41) is 0. The maximum absolute atomic E-state index is 12.9. The van der Waals surface area contributed by atoms with Gasteiger partial charge in [-0.25, -0.2) is 0 Å². The number of hydrogen-bond acceptors (Lipinski definition) is 4. The van der Waals surface area contributed by atoms with E-state index in [1.165, 1.54) is 0 Å². The number of nitrogens with zero attached hydrogens (tertiary/aromatic N) is 1. The largest absolute Gasteiger partial charge is 0.467 e. The third-order valence-electron chi connectivity index (χ3n) is 4.10. The van der Waals surface area contributed by atoms with Crippen LogP contribution in [0.4, 0.5) is 0 Å². The zero-order valence-electron chi connectivity index (χ0n) is 13.5. The van der Waals surface area contributed by atoms with E-state index < -0.39 is 0 Å². The van der Waals surface area contributed by atoms with Crippen LogP contribution in [0.3, 0.4) is 0 Å². The quantitative estimate of drug-likeness (QED) is 0.869. The van der Waals surface area contributed by atoms with Crippen molar-refractivity contribution in [1.82, 2.24) is 4.90 Å². The highest BCUT2D eigenvalue weighted by molar-refractivity contribution is 5.94. The molecule has 1 atom stereocenters. The molecule has 2 heterocycles. The van der Waals surface area contributed by atoms with Crippen molar-refractivity contribution in [2.75, 3.05) is 13.2 Å². The molecule has 0 spiro atoms. The Hall–Kier alpha value is -1.82. The van der Waals surface area contributed by atoms with Gasteiger partial charge in [0.25, 0.3) is 5.91 Å². The number of benzene rings is 1. The first-order chi connectivity index (χ1) is 11.3. The molecule has 6 heteroatoms. The highest BCUT2D eigenvalue weighted by Gasteiger charge is 2.24. The molecule has 1 amide bonds. The second-order valence-corrected chi connectivity index (χ2v) is 5.80. The Balaban J connectivity index is 0.00000208. The first-order valence-electron chi connectivity index (χ1n) is 7.98. The SMILES string of the molecule is Cl.NCc1ccc(C(=O)N(Cc2ccco2)CC2CCCO2)cc1. The minimum absolute atomic E-state index is 0. The van der Waals surface area contributed by atoms with Crippen LogP contribution in [0.2, 0.25) is 0 Å². The van der Waals surface area contributed by atoms with Crippen molar-refractivity contribution in [3.63, 3.8) is 0 Å². The Labute approximate surface area is 148 Å². The molecule has 1 fully saturated rings. The van der Waals surface area contributed by atoms with Crippen LogP contribution in [-0.2, 0) is 17.8 Å². The molecule has 1 aromatic carbocycles. The van der Waals surface area contributed by atoms with Gasteiger partial charge in [0, 0.05) is 25.3 Å². The van der Waals surface area contributed by atoms with Gasteiger partial charge in [-0.15, -0.1) is 12.4 Å². The minimum Gasteiger partial charge on any atom is -0.467 e. The molecule has 130 valence electrons. The molecule has 5 nitrogen and oxygen atoms in total. The molecular formula is C18H23ClN2O3. The Morgan fingerprint density at radius 2 is 2.04 bits per heavy atom. The van der Waals surface area contributed by atoms with Gasteiger partial charge in [0.15, 0.2) is 0 Å². The summed E-state index contributed by atoms with van der Waals surface area (Å²) < 4.78 is 11.1. The lowest BCUT2D eigenvalue weighted by molar-refractivity contribution is 0.0491. The molecule has 0 radical (unpaired) electrons. The normalized spacial score (nSPS) is 16.6. The summed E-state index contributed by atoms with van der Waals surface area (Å²) in [5.74, 6) is 0.760. The Bertz CT molecular complexity index is 622. The summed E-state index contributed by atoms with van der Waals surface area (Å²) in [6.07, 6.45) is 3.78. The fourth-order valence-corrected chi connectivity index (χ4v) is 2.81. The van der Waals surface area contributed by atoms with Crippen LogP contribution in [-0.4, -0.2) is 30.1 Å². The van der Waals surface area contributed by atoms with E-state index >= 15 is 0 Å². The van der Waals surface area contributed by atoms with Crippen molar-refractivity contribution in [2.24, 2.45) is 5.73 Å². The second kappa shape index (κ2) is 8.87. The lowest BCUT2D eigenvalue weighted by atomic mass is 10.1. The van der Waals surface area contributed by atoms with Gasteiger partial charge in [-0.05, 0) is 42.7 Å². The average Bonchev–Trinajstić information content (AvgIpc) is 3.27. The second-order valence-electron chi connectivity index (χ2n) is 5.80. The number of rotatable bonds is 6. The van der Waals surface area contributed by atoms with Gasteiger partial charge < -0.3 is 19.8 Å². The molecular weight excluding hydrogens is 328 g/mol. The van der Waals surface area contributed by atoms with Gasteiger partial charge >= 0.3 is 0 Å². The van der Waals surface area contributed by atoms with Gasteiger partial charge in [0.05, 0.1) is 18.9 Å². The standard InChI is InChI=1S/C18H22N2O3.ClH/c19-11-14-5-7-15(8-6-14)18(21)20(12-16-3-1-9-22-16)13-17-4-2-10-23-17;/h1,3,5-9,17H,2,4,10-13,19H2;1H. The minimum atomic E-state index is -0.0135. The van der Waals surface area contributed by atoms with Crippen molar-refractivity contribution < 1.29 is 13.9 Å². The maximum atomic E-state index is 12.9. The van der Waals surface area contributed by atoms with Gasteiger partial charge in [0.1, 0.15) is 5.76 Å². The van der Waals surface area contributed by atoms with Gasteiger partial charge in [-0.3, -0.25) is 4.79 Å². The molecule has 2 aromatic rings. The van der Waals surface area contributed by atoms with Crippen molar-refractivity contribution in [3.8, 4) is 0 Å². The number of halogens is 1. The third kappa shape index (κ3) is 4.60. The van der Waals surface area contributed by atoms with E-state index in [1.54, 1.807) is 11.2 Å². The van der Waals surface area contributed by atoms with Crippen LogP contribution in [0.15, 0.2) is 47.1 Å². The lowest BCUT2D eigenvalue weighted by Gasteiger charge is -2.25. The molecule has 1 aliphatic heterocycles. The van der Waals surface area contributed by atoms with E-state index in [9.17, 15) is 4.79 Å². The highest BCUT2D eigenvalue weighted by atomic mass is 35.5. The predicted molar refractivity (Wildman–Crippen MR) is 94.0 cm³/mol. The Morgan fingerprint density at radius 1 is 1.25 bits per heavy atom. The summed E-state index contributed by atoms with van der Waals surface area (Å²) in [5.41, 5.74) is 7.28. The summed E-state index contributed by atoms with van der Waals surface area (Å²) in [6, 6.07) is 11.2. The van der Waals surface area contributed by atoms with E-state index in [1.807, 2.05) is 36.4 Å². The van der Waals surface area contributed by atoms with E-state index in [0.717, 1.165) is 30.8 Å². The van der Waals surface area contributed by atoms with Crippen LogP contribution in [0.1, 0.15) is 34.5 Å². The van der Waals surface area contributed by atoms with Crippen molar-refractivity contribution >= 4 is 18.3 Å². The van der Waals surface area contributed by atoms with E-state index in [4.69, 9.17) is 14.9 Å². The van der Waals surface area contributed by atoms with Gasteiger partial charge in [-0.1, -0.05) is 12.1 Å². The first-order valence-corrected chi connectivity index (χ1v) is 7.98. The zero-order valence-corrected chi connectivity index (χ0v) is 14.3. The molecule has 1 unspecified atom stereocenters. The Kier molecular flexibility index (Phi) is 6.85. The maximum Gasteiger partial charge on any atom is 0.254 e. The molecule has 0 aliphatic carbocycles. The number of furan rings is 1. The van der Waals surface area contributed by atoms with Crippen molar-refractivity contribution in [1.29, 1.82) is 0 Å². The molecule has 1 aromatic heterocycles. The monoisotopic (exact) mass is 350 g/mol. The number of ether oxygens (including phenoxy) is 1. The fraction of sp³-hybridized carbons (Fsp3) is 0.389. The molecule has 0 saturated carbocycles. The fourth-order valence-electron chi connectivity index (χ4n) is 2.81. The van der Waals surface area contributed by atoms with Crippen LogP contribution in [0.25, 0.3) is 0 Å². The summed E-state index contributed by atoms with van der Waals surface area (Å²) in [4.78, 5) is 14.7. The van der Waals surface area contributed by atoms with Gasteiger partial charge in [0.2, 0.25) is 0 Å². The van der Waals surface area contributed by atoms with Crippen LogP contribution >= 0.6 is 12.4 Å². The van der Waals surface area contributed by atoms with Crippen LogP contribution < -0.4 is 5.73 Å². The number of hydrogen-bond donors (Lipinski definition) is 1. The van der Waals surface area contributed by atoms with Gasteiger partial charge in [-0.2, -0.15) is 0 Å². The van der Waals surface area contributed by atoms with Crippen molar-refractivity contribution in [3.05, 3.63) is 59.5 Å². The molecule has 1 saturated heterocycles. The number of amides is 1. The Morgan fingerprint density at radius 3 is 2.62 bits per heavy atom. The van der Waals surface area contributed by atoms with Crippen LogP contribution in [0.5, 0.6) is 0 Å². The average molecular weight is 351 g/mol. The molecule has 2 N–H and O–H groups in total. The predicted octanol–water partition coefficient (Wildman–Crippen LogP) is 2.98. The number of nitrogens with two attached hydrogens (primary N) is 1. The molecule has 3 rings (SSSR count). The topological polar surface area (TPSA) is 68.7 Å². The molecule has 1 aliphatic rings. The van der Waals surface area contributed by atoms with E-state index in [-0.39, 0.29) is 24.4 Å².